The lowest BCUT2D eigenvalue weighted by Gasteiger charge is -2.30. The number of carbonyl (C=O) groups excluding carboxylic acids is 5. The van der Waals surface area contributed by atoms with Crippen molar-refractivity contribution in [2.75, 3.05) is 40.3 Å². The van der Waals surface area contributed by atoms with Crippen molar-refractivity contribution in [2.24, 2.45) is 0 Å². The second-order valence-corrected chi connectivity index (χ2v) is 12.1. The minimum absolute atomic E-state index is 0.0238. The van der Waals surface area contributed by atoms with Gasteiger partial charge in [-0.2, -0.15) is 0 Å². The van der Waals surface area contributed by atoms with Gasteiger partial charge in [-0.15, -0.1) is 0 Å². The zero-order chi connectivity index (χ0) is 32.7. The number of fused-ring (bicyclic) bond motifs is 3. The number of pyridine rings is 1. The van der Waals surface area contributed by atoms with Crippen LogP contribution in [0.25, 0.3) is 0 Å². The summed E-state index contributed by atoms with van der Waals surface area (Å²) in [4.78, 5) is 73.9. The van der Waals surface area contributed by atoms with Gasteiger partial charge in [0.1, 0.15) is 30.6 Å². The Morgan fingerprint density at radius 3 is 2.44 bits per heavy atom. The molecule has 45 heavy (non-hydrogen) atoms. The van der Waals surface area contributed by atoms with E-state index in [4.69, 9.17) is 14.2 Å². The lowest BCUT2D eigenvalue weighted by atomic mass is 10.2. The molecule has 1 saturated heterocycles. The van der Waals surface area contributed by atoms with Crippen molar-refractivity contribution in [1.29, 1.82) is 0 Å². The first-order valence-corrected chi connectivity index (χ1v) is 14.6. The van der Waals surface area contributed by atoms with Crippen LogP contribution in [0.5, 0.6) is 5.75 Å². The average Bonchev–Trinajstić information content (AvgIpc) is 3.39. The van der Waals surface area contributed by atoms with Crippen LogP contribution in [0.2, 0.25) is 0 Å². The molecule has 3 heterocycles. The van der Waals surface area contributed by atoms with Gasteiger partial charge in [-0.25, -0.2) is 9.59 Å². The second kappa shape index (κ2) is 14.3. The highest BCUT2D eigenvalue weighted by Gasteiger charge is 2.38. The highest BCUT2D eigenvalue weighted by molar-refractivity contribution is 5.95. The van der Waals surface area contributed by atoms with Crippen molar-refractivity contribution in [3.05, 3.63) is 59.9 Å². The monoisotopic (exact) mass is 624 g/mol. The van der Waals surface area contributed by atoms with Crippen LogP contribution in [0, 0.1) is 0 Å². The van der Waals surface area contributed by atoms with Gasteiger partial charge in [0.15, 0.2) is 0 Å². The maximum Gasteiger partial charge on any atom is 0.408 e. The Kier molecular flexibility index (Phi) is 10.5. The fourth-order valence-electron chi connectivity index (χ4n) is 5.07. The molecule has 1 aromatic heterocycles. The number of aromatic nitrogens is 1. The Morgan fingerprint density at radius 1 is 1.00 bits per heavy atom. The second-order valence-electron chi connectivity index (χ2n) is 12.1. The van der Waals surface area contributed by atoms with Crippen LogP contribution in [0.4, 0.5) is 9.59 Å². The smallest absolute Gasteiger partial charge is 0.408 e. The molecule has 4 rings (SSSR count). The Bertz CT molecular complexity index is 1400. The summed E-state index contributed by atoms with van der Waals surface area (Å²) in [5.74, 6) is -1.13. The molecular weight excluding hydrogens is 584 g/mol. The first-order valence-electron chi connectivity index (χ1n) is 14.6. The van der Waals surface area contributed by atoms with E-state index in [-0.39, 0.29) is 44.3 Å². The molecule has 2 bridgehead atoms. The first-order chi connectivity index (χ1) is 21.3. The van der Waals surface area contributed by atoms with Gasteiger partial charge in [0, 0.05) is 26.8 Å². The largest absolute Gasteiger partial charge is 0.490 e. The topological polar surface area (TPSA) is 160 Å². The third-order valence-electron chi connectivity index (χ3n) is 7.21. The molecule has 1 fully saturated rings. The number of carbonyl (C=O) groups is 5. The maximum absolute atomic E-state index is 13.6. The number of hydrogen-bond acceptors (Lipinski definition) is 9. The Balaban J connectivity index is 1.55. The van der Waals surface area contributed by atoms with Crippen molar-refractivity contribution in [3.63, 3.8) is 0 Å². The fourth-order valence-corrected chi connectivity index (χ4v) is 5.07. The molecule has 0 unspecified atom stereocenters. The Labute approximate surface area is 262 Å². The highest BCUT2D eigenvalue weighted by Crippen LogP contribution is 2.22. The van der Waals surface area contributed by atoms with Gasteiger partial charge in [-0.1, -0.05) is 30.3 Å². The molecule has 242 valence electrons. The van der Waals surface area contributed by atoms with Crippen molar-refractivity contribution in [1.82, 2.24) is 30.3 Å². The molecule has 14 nitrogen and oxygen atoms in total. The molecule has 5 amide bonds. The number of likely N-dealkylation sites (N-methyl/N-ethyl adjacent to an activating group) is 2. The number of nitrogens with zero attached hydrogens (tertiary/aromatic N) is 4. The zero-order valence-electron chi connectivity index (χ0n) is 26.1. The van der Waals surface area contributed by atoms with E-state index in [1.807, 2.05) is 18.2 Å². The minimum atomic E-state index is -1.23. The number of nitrogens with one attached hydrogen (secondary N) is 2. The van der Waals surface area contributed by atoms with E-state index < -0.39 is 47.7 Å². The molecule has 3 atom stereocenters. The Morgan fingerprint density at radius 2 is 1.73 bits per heavy atom. The number of ether oxygens (including phenoxy) is 3. The highest BCUT2D eigenvalue weighted by atomic mass is 16.6. The van der Waals surface area contributed by atoms with E-state index >= 15 is 0 Å². The van der Waals surface area contributed by atoms with Gasteiger partial charge in [0.2, 0.25) is 11.8 Å². The average molecular weight is 625 g/mol. The SMILES string of the molecule is CN1C[C@H](NC(=O)OCc2ccccc2)C(=O)N(C)CC(=O)N2C[C@@H](NC(=O)OC(C)(C)C)C[C@H]2COc2cncc(c2)C1=O. The standard InChI is InChI=1S/C31H40N6O8/c1-31(2,3)45-30(42)33-22-12-23-19-43-24-11-21(13-32-14-24)27(39)35(4)16-25(28(40)36(5)17-26(38)37(23)15-22)34-29(41)44-18-20-9-7-6-8-10-20/h6-11,13-14,22-23,25H,12,15-19H2,1-5H3,(H,33,42)(H,34,41)/t22-,23-,25-/m0/s1. The predicted octanol–water partition coefficient (Wildman–Crippen LogP) is 1.79. The minimum Gasteiger partial charge on any atom is -0.490 e. The summed E-state index contributed by atoms with van der Waals surface area (Å²) in [5.41, 5.74) is 0.266. The molecule has 0 radical (unpaired) electrons. The van der Waals surface area contributed by atoms with Crippen LogP contribution in [0.15, 0.2) is 48.8 Å². The molecule has 2 aromatic rings. The van der Waals surface area contributed by atoms with Crippen LogP contribution >= 0.6 is 0 Å². The zero-order valence-corrected chi connectivity index (χ0v) is 26.1. The van der Waals surface area contributed by atoms with Crippen LogP contribution in [0.3, 0.4) is 0 Å². The number of amides is 5. The van der Waals surface area contributed by atoms with Gasteiger partial charge < -0.3 is 39.5 Å². The lowest BCUT2D eigenvalue weighted by molar-refractivity contribution is -0.141. The van der Waals surface area contributed by atoms with E-state index in [0.29, 0.717) is 12.2 Å². The molecule has 0 saturated carbocycles. The van der Waals surface area contributed by atoms with Crippen LogP contribution in [-0.2, 0) is 25.7 Å². The third-order valence-corrected chi connectivity index (χ3v) is 7.21. The van der Waals surface area contributed by atoms with Gasteiger partial charge in [0.25, 0.3) is 5.91 Å². The fraction of sp³-hybridized carbons (Fsp3) is 0.484. The molecular formula is C31H40N6O8. The molecule has 1 aromatic carbocycles. The third kappa shape index (κ3) is 9.30. The van der Waals surface area contributed by atoms with Crippen molar-refractivity contribution in [2.45, 2.75) is 57.5 Å². The lowest BCUT2D eigenvalue weighted by Crippen LogP contribution is -2.55. The number of alkyl carbamates (subject to hydrolysis) is 2. The Hall–Kier alpha value is -4.88. The summed E-state index contributed by atoms with van der Waals surface area (Å²) in [6, 6.07) is 8.44. The maximum atomic E-state index is 13.6. The number of rotatable bonds is 4. The van der Waals surface area contributed by atoms with Gasteiger partial charge in [0.05, 0.1) is 36.9 Å². The summed E-state index contributed by atoms with van der Waals surface area (Å²) in [6.45, 7) is 4.93. The van der Waals surface area contributed by atoms with E-state index in [9.17, 15) is 24.0 Å². The van der Waals surface area contributed by atoms with E-state index in [1.165, 1.54) is 42.4 Å². The van der Waals surface area contributed by atoms with Gasteiger partial charge in [-0.05, 0) is 38.8 Å². The van der Waals surface area contributed by atoms with E-state index in [1.54, 1.807) is 37.8 Å². The van der Waals surface area contributed by atoms with Crippen LogP contribution in [0.1, 0.15) is 43.1 Å². The van der Waals surface area contributed by atoms with Crippen molar-refractivity contribution in [3.8, 4) is 5.75 Å². The number of benzene rings is 1. The van der Waals surface area contributed by atoms with Gasteiger partial charge in [-0.3, -0.25) is 19.4 Å². The van der Waals surface area contributed by atoms with Crippen LogP contribution < -0.4 is 15.4 Å². The summed E-state index contributed by atoms with van der Waals surface area (Å²) < 4.78 is 16.7. The van der Waals surface area contributed by atoms with Gasteiger partial charge >= 0.3 is 12.2 Å². The first kappa shape index (κ1) is 33.0. The summed E-state index contributed by atoms with van der Waals surface area (Å²) >= 11 is 0. The number of hydrogen-bond donors (Lipinski definition) is 2. The quantitative estimate of drug-likeness (QED) is 0.517. The predicted molar refractivity (Wildman–Crippen MR) is 161 cm³/mol. The van der Waals surface area contributed by atoms with Crippen LogP contribution in [-0.4, -0.2) is 114 Å². The molecule has 0 aliphatic carbocycles. The molecule has 0 spiro atoms. The summed E-state index contributed by atoms with van der Waals surface area (Å²) in [6.07, 6.45) is 1.73. The molecule has 2 N–H and O–H groups in total. The normalized spacial score (nSPS) is 21.2. The molecule has 14 heteroatoms. The summed E-state index contributed by atoms with van der Waals surface area (Å²) in [5, 5.41) is 5.37. The summed E-state index contributed by atoms with van der Waals surface area (Å²) in [7, 11) is 2.93. The van der Waals surface area contributed by atoms with E-state index in [2.05, 4.69) is 15.6 Å². The van der Waals surface area contributed by atoms with Crippen molar-refractivity contribution >= 4 is 29.9 Å². The molecule has 2 aliphatic rings. The molecule has 2 aliphatic heterocycles. The van der Waals surface area contributed by atoms with E-state index in [0.717, 1.165) is 5.56 Å². The van der Waals surface area contributed by atoms with Crippen molar-refractivity contribution < 1.29 is 38.2 Å².